The van der Waals surface area contributed by atoms with E-state index in [0.717, 1.165) is 11.1 Å². The Labute approximate surface area is 158 Å². The first-order chi connectivity index (χ1) is 12.9. The molecule has 27 heavy (non-hydrogen) atoms. The predicted octanol–water partition coefficient (Wildman–Crippen LogP) is 3.10. The van der Waals surface area contributed by atoms with Gasteiger partial charge in [0.05, 0.1) is 0 Å². The Bertz CT molecular complexity index is 746. The van der Waals surface area contributed by atoms with Crippen LogP contribution in [-0.2, 0) is 22.4 Å². The van der Waals surface area contributed by atoms with Crippen molar-refractivity contribution >= 4 is 11.8 Å². The van der Waals surface area contributed by atoms with Crippen LogP contribution in [0.4, 0.5) is 8.78 Å². The first-order valence-corrected chi connectivity index (χ1v) is 8.95. The van der Waals surface area contributed by atoms with Crippen molar-refractivity contribution in [2.24, 2.45) is 0 Å². The molecule has 2 amide bonds. The lowest BCUT2D eigenvalue weighted by Gasteiger charge is -2.21. The number of halogens is 2. The second-order valence-electron chi connectivity index (χ2n) is 6.36. The largest absolute Gasteiger partial charge is 0.356 e. The molecule has 144 valence electrons. The Morgan fingerprint density at radius 1 is 0.852 bits per heavy atom. The third-order valence-corrected chi connectivity index (χ3v) is 4.29. The van der Waals surface area contributed by atoms with Gasteiger partial charge in [-0.05, 0) is 48.2 Å². The number of carbonyl (C=O) groups is 2. The van der Waals surface area contributed by atoms with Crippen LogP contribution in [0.3, 0.4) is 0 Å². The van der Waals surface area contributed by atoms with E-state index in [-0.39, 0.29) is 29.9 Å². The average Bonchev–Trinajstić information content (AvgIpc) is 2.64. The van der Waals surface area contributed by atoms with Gasteiger partial charge in [0, 0.05) is 33.0 Å². The summed E-state index contributed by atoms with van der Waals surface area (Å²) in [5, 5.41) is 2.81. The lowest BCUT2D eigenvalue weighted by atomic mass is 10.1. The van der Waals surface area contributed by atoms with Crippen LogP contribution in [0.2, 0.25) is 0 Å². The van der Waals surface area contributed by atoms with E-state index in [4.69, 9.17) is 0 Å². The number of benzene rings is 2. The van der Waals surface area contributed by atoms with Gasteiger partial charge in [-0.15, -0.1) is 0 Å². The van der Waals surface area contributed by atoms with Crippen molar-refractivity contribution in [2.75, 3.05) is 19.6 Å². The molecule has 0 spiro atoms. The lowest BCUT2D eigenvalue weighted by Crippen LogP contribution is -2.35. The molecule has 6 heteroatoms. The van der Waals surface area contributed by atoms with Gasteiger partial charge < -0.3 is 10.2 Å². The number of hydrogen-bond donors (Lipinski definition) is 1. The molecule has 1 N–H and O–H groups in total. The van der Waals surface area contributed by atoms with Crippen LogP contribution < -0.4 is 5.32 Å². The zero-order valence-electron chi connectivity index (χ0n) is 15.4. The van der Waals surface area contributed by atoms with E-state index in [1.165, 1.54) is 31.2 Å². The van der Waals surface area contributed by atoms with Gasteiger partial charge in [0.2, 0.25) is 11.8 Å². The average molecular weight is 374 g/mol. The fourth-order valence-electron chi connectivity index (χ4n) is 2.66. The molecule has 0 radical (unpaired) electrons. The first kappa shape index (κ1) is 20.6. The molecule has 0 aromatic heterocycles. The number of nitrogens with one attached hydrogen (secondary N) is 1. The molecule has 0 atom stereocenters. The van der Waals surface area contributed by atoms with E-state index in [2.05, 4.69) is 5.32 Å². The Morgan fingerprint density at radius 2 is 1.37 bits per heavy atom. The summed E-state index contributed by atoms with van der Waals surface area (Å²) in [7, 11) is 0. The molecule has 0 aliphatic rings. The molecule has 0 heterocycles. The lowest BCUT2D eigenvalue weighted by molar-refractivity contribution is -0.129. The maximum atomic E-state index is 12.9. The van der Waals surface area contributed by atoms with Crippen LogP contribution >= 0.6 is 0 Å². The van der Waals surface area contributed by atoms with Crippen molar-refractivity contribution in [3.8, 4) is 0 Å². The van der Waals surface area contributed by atoms with Crippen molar-refractivity contribution in [1.29, 1.82) is 0 Å². The summed E-state index contributed by atoms with van der Waals surface area (Å²) in [6.45, 7) is 2.74. The molecule has 4 nitrogen and oxygen atoms in total. The second kappa shape index (κ2) is 10.4. The van der Waals surface area contributed by atoms with E-state index < -0.39 is 0 Å². The first-order valence-electron chi connectivity index (χ1n) is 8.95. The molecule has 0 bridgehead atoms. The molecule has 0 fully saturated rings. The van der Waals surface area contributed by atoms with E-state index in [9.17, 15) is 18.4 Å². The maximum Gasteiger partial charge on any atom is 0.221 e. The highest BCUT2D eigenvalue weighted by atomic mass is 19.1. The Balaban J connectivity index is 1.70. The molecule has 2 rings (SSSR count). The minimum Gasteiger partial charge on any atom is -0.356 e. The molecule has 0 aliphatic carbocycles. The molecule has 2 aromatic rings. The fourth-order valence-corrected chi connectivity index (χ4v) is 2.66. The normalized spacial score (nSPS) is 10.5. The van der Waals surface area contributed by atoms with E-state index in [1.807, 2.05) is 0 Å². The molecule has 0 saturated carbocycles. The Hall–Kier alpha value is -2.76. The molecule has 0 saturated heterocycles. The number of amides is 2. The summed E-state index contributed by atoms with van der Waals surface area (Å²) < 4.78 is 25.8. The van der Waals surface area contributed by atoms with Crippen molar-refractivity contribution in [2.45, 2.75) is 26.2 Å². The van der Waals surface area contributed by atoms with Gasteiger partial charge in [-0.1, -0.05) is 24.3 Å². The monoisotopic (exact) mass is 374 g/mol. The summed E-state index contributed by atoms with van der Waals surface area (Å²) in [5.74, 6) is -0.811. The zero-order chi connectivity index (χ0) is 19.6. The van der Waals surface area contributed by atoms with Gasteiger partial charge in [-0.3, -0.25) is 9.59 Å². The number of nitrogens with zero attached hydrogens (tertiary/aromatic N) is 1. The second-order valence-corrected chi connectivity index (χ2v) is 6.36. The van der Waals surface area contributed by atoms with Crippen LogP contribution in [0.5, 0.6) is 0 Å². The highest BCUT2D eigenvalue weighted by Crippen LogP contribution is 2.06. The van der Waals surface area contributed by atoms with Gasteiger partial charge in [-0.25, -0.2) is 8.78 Å². The molecule has 2 aromatic carbocycles. The van der Waals surface area contributed by atoms with Crippen molar-refractivity contribution in [3.63, 3.8) is 0 Å². The highest BCUT2D eigenvalue weighted by Gasteiger charge is 2.11. The summed E-state index contributed by atoms with van der Waals surface area (Å²) in [4.78, 5) is 25.4. The van der Waals surface area contributed by atoms with Crippen molar-refractivity contribution < 1.29 is 18.4 Å². The molecular weight excluding hydrogens is 350 g/mol. The minimum atomic E-state index is -0.292. The summed E-state index contributed by atoms with van der Waals surface area (Å²) in [6, 6.07) is 12.3. The van der Waals surface area contributed by atoms with E-state index in [0.29, 0.717) is 32.5 Å². The number of hydrogen-bond acceptors (Lipinski definition) is 2. The smallest absolute Gasteiger partial charge is 0.221 e. The van der Waals surface area contributed by atoms with Crippen LogP contribution in [0, 0.1) is 11.6 Å². The van der Waals surface area contributed by atoms with Crippen molar-refractivity contribution in [1.82, 2.24) is 10.2 Å². The molecular formula is C21H24F2N2O2. The van der Waals surface area contributed by atoms with Gasteiger partial charge >= 0.3 is 0 Å². The highest BCUT2D eigenvalue weighted by molar-refractivity contribution is 5.78. The Morgan fingerprint density at radius 3 is 1.89 bits per heavy atom. The number of carbonyl (C=O) groups excluding carboxylic acids is 2. The third-order valence-electron chi connectivity index (χ3n) is 4.29. The summed E-state index contributed by atoms with van der Waals surface area (Å²) >= 11 is 0. The zero-order valence-corrected chi connectivity index (χ0v) is 15.4. The van der Waals surface area contributed by atoms with Gasteiger partial charge in [0.25, 0.3) is 0 Å². The number of rotatable bonds is 9. The van der Waals surface area contributed by atoms with Crippen LogP contribution in [0.1, 0.15) is 24.5 Å². The van der Waals surface area contributed by atoms with E-state index in [1.54, 1.807) is 29.2 Å². The van der Waals surface area contributed by atoms with Crippen LogP contribution in [-0.4, -0.2) is 36.3 Å². The van der Waals surface area contributed by atoms with E-state index >= 15 is 0 Å². The summed E-state index contributed by atoms with van der Waals surface area (Å²) in [6.07, 6.45) is 1.44. The SMILES string of the molecule is CC(=O)N(CCC(=O)NCCc1ccc(F)cc1)CCc1ccc(F)cc1. The maximum absolute atomic E-state index is 12.9. The topological polar surface area (TPSA) is 49.4 Å². The predicted molar refractivity (Wildman–Crippen MR) is 100 cm³/mol. The van der Waals surface area contributed by atoms with Gasteiger partial charge in [-0.2, -0.15) is 0 Å². The fraction of sp³-hybridized carbons (Fsp3) is 0.333. The minimum absolute atomic E-state index is 0.101. The van der Waals surface area contributed by atoms with Crippen LogP contribution in [0.15, 0.2) is 48.5 Å². The summed E-state index contributed by atoms with van der Waals surface area (Å²) in [5.41, 5.74) is 1.88. The quantitative estimate of drug-likeness (QED) is 0.733. The van der Waals surface area contributed by atoms with Gasteiger partial charge in [0.1, 0.15) is 11.6 Å². The third kappa shape index (κ3) is 7.56. The standard InChI is InChI=1S/C21H24F2N2O2/c1-16(26)25(14-11-18-4-8-20(23)9-5-18)15-12-21(27)24-13-10-17-2-6-19(22)7-3-17/h2-9H,10-15H2,1H3,(H,24,27). The Kier molecular flexibility index (Phi) is 7.92. The van der Waals surface area contributed by atoms with Gasteiger partial charge in [0.15, 0.2) is 0 Å². The van der Waals surface area contributed by atoms with Crippen LogP contribution in [0.25, 0.3) is 0 Å². The molecule has 0 aliphatic heterocycles. The molecule has 0 unspecified atom stereocenters. The van der Waals surface area contributed by atoms with Crippen molar-refractivity contribution in [3.05, 3.63) is 71.3 Å².